The average molecular weight is 290 g/mol. The number of hydrogen-bond acceptors (Lipinski definition) is 4. The molecule has 21 heavy (non-hydrogen) atoms. The van der Waals surface area contributed by atoms with Crippen LogP contribution in [-0.2, 0) is 11.2 Å². The summed E-state index contributed by atoms with van der Waals surface area (Å²) in [6.07, 6.45) is 2.69. The lowest BCUT2D eigenvalue weighted by Crippen LogP contribution is -2.27. The van der Waals surface area contributed by atoms with Crippen LogP contribution in [0.1, 0.15) is 32.3 Å². The van der Waals surface area contributed by atoms with E-state index in [9.17, 15) is 4.79 Å². The molecular weight excluding hydrogens is 264 g/mol. The molecule has 1 aliphatic heterocycles. The standard InChI is InChI=1S/C16H26N4O/c1-11(2)20(3)7-5-4-6-18-15-10-14-12(8-13(15)17)9-16(21)19-14/h8,10-11,18H,4-7,9,17H2,1-3H3,(H,19,21). The molecule has 0 unspecified atom stereocenters. The molecule has 0 radical (unpaired) electrons. The third kappa shape index (κ3) is 4.11. The Morgan fingerprint density at radius 1 is 1.38 bits per heavy atom. The molecule has 2 rings (SSSR count). The largest absolute Gasteiger partial charge is 0.397 e. The second-order valence-electron chi connectivity index (χ2n) is 6.03. The number of nitrogens with zero attached hydrogens (tertiary/aromatic N) is 1. The summed E-state index contributed by atoms with van der Waals surface area (Å²) in [4.78, 5) is 13.7. The molecule has 0 saturated carbocycles. The maximum Gasteiger partial charge on any atom is 0.228 e. The molecule has 0 aliphatic carbocycles. The van der Waals surface area contributed by atoms with Crippen molar-refractivity contribution in [1.82, 2.24) is 4.90 Å². The van der Waals surface area contributed by atoms with Crippen molar-refractivity contribution in [1.29, 1.82) is 0 Å². The first-order valence-electron chi connectivity index (χ1n) is 7.63. The van der Waals surface area contributed by atoms with Gasteiger partial charge in [0.1, 0.15) is 0 Å². The van der Waals surface area contributed by atoms with Gasteiger partial charge in [0.05, 0.1) is 17.8 Å². The number of nitrogens with one attached hydrogen (secondary N) is 2. The van der Waals surface area contributed by atoms with E-state index in [0.29, 0.717) is 18.2 Å². The summed E-state index contributed by atoms with van der Waals surface area (Å²) in [6, 6.07) is 4.42. The fourth-order valence-electron chi connectivity index (χ4n) is 2.41. The van der Waals surface area contributed by atoms with E-state index in [1.54, 1.807) is 0 Å². The summed E-state index contributed by atoms with van der Waals surface area (Å²) in [5.74, 6) is 0.0401. The van der Waals surface area contributed by atoms with E-state index in [1.807, 2.05) is 12.1 Å². The van der Waals surface area contributed by atoms with Crippen LogP contribution in [0.25, 0.3) is 0 Å². The normalized spacial score (nSPS) is 13.7. The van der Waals surface area contributed by atoms with Gasteiger partial charge in [0.15, 0.2) is 0 Å². The highest BCUT2D eigenvalue weighted by Gasteiger charge is 2.19. The number of amides is 1. The van der Waals surface area contributed by atoms with Crippen LogP contribution in [0.3, 0.4) is 0 Å². The second kappa shape index (κ2) is 6.80. The Morgan fingerprint density at radius 2 is 2.14 bits per heavy atom. The van der Waals surface area contributed by atoms with Crippen LogP contribution >= 0.6 is 0 Å². The lowest BCUT2D eigenvalue weighted by Gasteiger charge is -2.20. The van der Waals surface area contributed by atoms with Gasteiger partial charge in [-0.1, -0.05) is 0 Å². The number of hydrogen-bond donors (Lipinski definition) is 3. The van der Waals surface area contributed by atoms with Crippen LogP contribution in [0.15, 0.2) is 12.1 Å². The van der Waals surface area contributed by atoms with Crippen molar-refractivity contribution in [2.24, 2.45) is 0 Å². The molecular formula is C16H26N4O. The van der Waals surface area contributed by atoms with Gasteiger partial charge in [-0.2, -0.15) is 0 Å². The molecule has 5 nitrogen and oxygen atoms in total. The minimum Gasteiger partial charge on any atom is -0.397 e. The zero-order valence-corrected chi connectivity index (χ0v) is 13.2. The van der Waals surface area contributed by atoms with Gasteiger partial charge in [0.2, 0.25) is 5.91 Å². The van der Waals surface area contributed by atoms with Crippen LogP contribution in [0, 0.1) is 0 Å². The molecule has 0 fully saturated rings. The van der Waals surface area contributed by atoms with E-state index in [-0.39, 0.29) is 5.91 Å². The van der Waals surface area contributed by atoms with Crippen LogP contribution < -0.4 is 16.4 Å². The minimum atomic E-state index is 0.0401. The first-order chi connectivity index (χ1) is 9.97. The molecule has 1 aliphatic rings. The Hall–Kier alpha value is -1.75. The summed E-state index contributed by atoms with van der Waals surface area (Å²) in [6.45, 7) is 6.41. The van der Waals surface area contributed by atoms with Crippen molar-refractivity contribution in [3.63, 3.8) is 0 Å². The molecule has 1 heterocycles. The van der Waals surface area contributed by atoms with Crippen LogP contribution in [0.2, 0.25) is 0 Å². The molecule has 5 heteroatoms. The van der Waals surface area contributed by atoms with Crippen molar-refractivity contribution in [2.45, 2.75) is 39.2 Å². The number of benzene rings is 1. The van der Waals surface area contributed by atoms with Crippen LogP contribution in [0.5, 0.6) is 0 Å². The maximum absolute atomic E-state index is 11.4. The van der Waals surface area contributed by atoms with E-state index in [1.165, 1.54) is 0 Å². The SMILES string of the molecule is CC(C)N(C)CCCCNc1cc2c(cc1N)CC(=O)N2. The zero-order chi connectivity index (χ0) is 15.4. The van der Waals surface area contributed by atoms with Gasteiger partial charge in [-0.05, 0) is 58.0 Å². The van der Waals surface area contributed by atoms with Crippen LogP contribution in [0.4, 0.5) is 17.1 Å². The van der Waals surface area contributed by atoms with E-state index in [4.69, 9.17) is 5.73 Å². The summed E-state index contributed by atoms with van der Waals surface area (Å²) in [7, 11) is 2.15. The highest BCUT2D eigenvalue weighted by atomic mass is 16.1. The number of fused-ring (bicyclic) bond motifs is 1. The van der Waals surface area contributed by atoms with Crippen molar-refractivity contribution in [3.8, 4) is 0 Å². The van der Waals surface area contributed by atoms with Crippen molar-refractivity contribution in [2.75, 3.05) is 36.5 Å². The van der Waals surface area contributed by atoms with E-state index < -0.39 is 0 Å². The smallest absolute Gasteiger partial charge is 0.228 e. The number of unbranched alkanes of at least 4 members (excludes halogenated alkanes) is 1. The molecule has 0 bridgehead atoms. The van der Waals surface area contributed by atoms with Crippen LogP contribution in [-0.4, -0.2) is 37.0 Å². The average Bonchev–Trinajstić information content (AvgIpc) is 2.77. The van der Waals surface area contributed by atoms with Crippen molar-refractivity contribution in [3.05, 3.63) is 17.7 Å². The van der Waals surface area contributed by atoms with E-state index in [0.717, 1.165) is 42.9 Å². The Kier molecular flexibility index (Phi) is 5.07. The number of nitrogens with two attached hydrogens (primary N) is 1. The van der Waals surface area contributed by atoms with Crippen molar-refractivity contribution >= 4 is 23.0 Å². The van der Waals surface area contributed by atoms with Gasteiger partial charge in [-0.3, -0.25) is 4.79 Å². The molecule has 4 N–H and O–H groups in total. The Balaban J connectivity index is 1.79. The number of anilines is 3. The van der Waals surface area contributed by atoms with E-state index in [2.05, 4.69) is 36.4 Å². The molecule has 1 aromatic rings. The Morgan fingerprint density at radius 3 is 2.86 bits per heavy atom. The first kappa shape index (κ1) is 15.6. The van der Waals surface area contributed by atoms with Gasteiger partial charge in [-0.25, -0.2) is 0 Å². The number of rotatable bonds is 7. The monoisotopic (exact) mass is 290 g/mol. The zero-order valence-electron chi connectivity index (χ0n) is 13.2. The molecule has 0 spiro atoms. The number of carbonyl (C=O) groups is 1. The third-order valence-electron chi connectivity index (χ3n) is 4.04. The molecule has 0 aromatic heterocycles. The summed E-state index contributed by atoms with van der Waals surface area (Å²) in [5, 5.41) is 6.22. The number of nitrogen functional groups attached to an aromatic ring is 1. The molecule has 0 atom stereocenters. The first-order valence-corrected chi connectivity index (χ1v) is 7.63. The Labute approximate surface area is 126 Å². The quantitative estimate of drug-likeness (QED) is 0.532. The van der Waals surface area contributed by atoms with Gasteiger partial charge in [0.25, 0.3) is 0 Å². The van der Waals surface area contributed by atoms with Gasteiger partial charge >= 0.3 is 0 Å². The van der Waals surface area contributed by atoms with Crippen molar-refractivity contribution < 1.29 is 4.79 Å². The minimum absolute atomic E-state index is 0.0401. The topological polar surface area (TPSA) is 70.4 Å². The predicted molar refractivity (Wildman–Crippen MR) is 88.7 cm³/mol. The molecule has 116 valence electrons. The lowest BCUT2D eigenvalue weighted by molar-refractivity contribution is -0.115. The third-order valence-corrected chi connectivity index (χ3v) is 4.04. The molecule has 1 amide bonds. The molecule has 0 saturated heterocycles. The maximum atomic E-state index is 11.4. The van der Waals surface area contributed by atoms with Gasteiger partial charge < -0.3 is 21.3 Å². The highest BCUT2D eigenvalue weighted by Crippen LogP contribution is 2.31. The molecule has 1 aromatic carbocycles. The fraction of sp³-hybridized carbons (Fsp3) is 0.562. The van der Waals surface area contributed by atoms with Gasteiger partial charge in [0, 0.05) is 18.3 Å². The lowest BCUT2D eigenvalue weighted by atomic mass is 10.1. The Bertz CT molecular complexity index is 513. The summed E-state index contributed by atoms with van der Waals surface area (Å²) >= 11 is 0. The summed E-state index contributed by atoms with van der Waals surface area (Å²) in [5.41, 5.74) is 9.53. The van der Waals surface area contributed by atoms with Gasteiger partial charge in [-0.15, -0.1) is 0 Å². The second-order valence-corrected chi connectivity index (χ2v) is 6.03. The van der Waals surface area contributed by atoms with E-state index >= 15 is 0 Å². The highest BCUT2D eigenvalue weighted by molar-refractivity contribution is 6.00. The summed E-state index contributed by atoms with van der Waals surface area (Å²) < 4.78 is 0. The fourth-order valence-corrected chi connectivity index (χ4v) is 2.41. The number of carbonyl (C=O) groups excluding carboxylic acids is 1. The predicted octanol–water partition coefficient (Wildman–Crippen LogP) is 2.30.